The third-order valence-electron chi connectivity index (χ3n) is 4.82. The summed E-state index contributed by atoms with van der Waals surface area (Å²) in [7, 11) is 0. The average molecular weight is 348 g/mol. The first-order valence-corrected chi connectivity index (χ1v) is 8.25. The van der Waals surface area contributed by atoms with E-state index in [1.807, 2.05) is 17.0 Å². The number of fused-ring (bicyclic) bond motifs is 1. The quantitative estimate of drug-likeness (QED) is 0.776. The van der Waals surface area contributed by atoms with Crippen LogP contribution >= 0.6 is 0 Å². The van der Waals surface area contributed by atoms with Crippen molar-refractivity contribution in [2.75, 3.05) is 24.6 Å². The van der Waals surface area contributed by atoms with Crippen LogP contribution in [0.2, 0.25) is 0 Å². The molecule has 2 aliphatic rings. The van der Waals surface area contributed by atoms with Crippen LogP contribution in [0.4, 0.5) is 14.6 Å². The molecule has 2 atom stereocenters. The molecule has 0 spiro atoms. The summed E-state index contributed by atoms with van der Waals surface area (Å²) in [4.78, 5) is 21.9. The topological polar surface area (TPSA) is 60.2 Å². The summed E-state index contributed by atoms with van der Waals surface area (Å²) in [5.74, 6) is -3.22. The van der Waals surface area contributed by atoms with Crippen LogP contribution in [-0.4, -0.2) is 46.1 Å². The van der Waals surface area contributed by atoms with Crippen LogP contribution in [0.5, 0.6) is 0 Å². The van der Waals surface area contributed by atoms with Crippen LogP contribution < -0.4 is 4.90 Å². The molecule has 2 unspecified atom stereocenters. The number of imidazole rings is 1. The van der Waals surface area contributed by atoms with Gasteiger partial charge in [0.05, 0.1) is 31.3 Å². The Morgan fingerprint density at radius 3 is 2.72 bits per heavy atom. The monoisotopic (exact) mass is 348 g/mol. The molecule has 0 amide bonds. The van der Waals surface area contributed by atoms with Gasteiger partial charge in [-0.2, -0.15) is 0 Å². The molecule has 25 heavy (non-hydrogen) atoms. The Kier molecular flexibility index (Phi) is 3.70. The zero-order valence-corrected chi connectivity index (χ0v) is 13.7. The van der Waals surface area contributed by atoms with Gasteiger partial charge < -0.3 is 14.2 Å². The largest absolute Gasteiger partial charge is 0.461 e. The second kappa shape index (κ2) is 5.79. The van der Waals surface area contributed by atoms with Crippen molar-refractivity contribution < 1.29 is 18.3 Å². The van der Waals surface area contributed by atoms with Crippen LogP contribution in [-0.2, 0) is 11.3 Å². The zero-order chi connectivity index (χ0) is 17.6. The van der Waals surface area contributed by atoms with Crippen LogP contribution in [0.1, 0.15) is 23.0 Å². The normalized spacial score (nSPS) is 23.4. The summed E-state index contributed by atoms with van der Waals surface area (Å²) in [5.41, 5.74) is 1.20. The van der Waals surface area contributed by atoms with E-state index in [4.69, 9.17) is 4.74 Å². The van der Waals surface area contributed by atoms with Crippen LogP contribution in [0.3, 0.4) is 0 Å². The fourth-order valence-corrected chi connectivity index (χ4v) is 3.36. The Morgan fingerprint density at radius 1 is 1.32 bits per heavy atom. The van der Waals surface area contributed by atoms with Crippen molar-refractivity contribution in [2.24, 2.45) is 11.8 Å². The first-order chi connectivity index (χ1) is 12.0. The maximum Gasteiger partial charge on any atom is 0.358 e. The van der Waals surface area contributed by atoms with E-state index in [1.54, 1.807) is 30.2 Å². The number of hydrogen-bond donors (Lipinski definition) is 0. The smallest absolute Gasteiger partial charge is 0.358 e. The Morgan fingerprint density at radius 2 is 2.08 bits per heavy atom. The minimum Gasteiger partial charge on any atom is -0.461 e. The number of esters is 1. The van der Waals surface area contributed by atoms with Gasteiger partial charge in [0.15, 0.2) is 5.69 Å². The van der Waals surface area contributed by atoms with E-state index in [0.717, 1.165) is 11.4 Å². The Hall–Kier alpha value is -2.51. The molecule has 1 saturated carbocycles. The third kappa shape index (κ3) is 2.85. The Labute approximate surface area is 143 Å². The number of anilines is 1. The molecule has 132 valence electrons. The molecule has 0 bridgehead atoms. The molecule has 0 N–H and O–H groups in total. The lowest BCUT2D eigenvalue weighted by atomic mass is 10.2. The molecule has 2 fully saturated rings. The Balaban J connectivity index is 1.38. The number of piperidine rings is 1. The van der Waals surface area contributed by atoms with Gasteiger partial charge >= 0.3 is 5.97 Å². The maximum atomic E-state index is 13.3. The van der Waals surface area contributed by atoms with E-state index < -0.39 is 23.7 Å². The maximum absolute atomic E-state index is 13.3. The lowest BCUT2D eigenvalue weighted by molar-refractivity contribution is 0.0520. The van der Waals surface area contributed by atoms with Gasteiger partial charge in [0, 0.05) is 25.5 Å². The average Bonchev–Trinajstić information content (AvgIpc) is 3.05. The second-order valence-corrected chi connectivity index (χ2v) is 6.47. The molecule has 0 radical (unpaired) electrons. The fraction of sp³-hybridized carbons (Fsp3) is 0.471. The van der Waals surface area contributed by atoms with E-state index in [2.05, 4.69) is 9.97 Å². The lowest BCUT2D eigenvalue weighted by Crippen LogP contribution is -2.28. The van der Waals surface area contributed by atoms with Crippen molar-refractivity contribution in [2.45, 2.75) is 19.4 Å². The third-order valence-corrected chi connectivity index (χ3v) is 4.82. The summed E-state index contributed by atoms with van der Waals surface area (Å²) < 4.78 is 33.2. The second-order valence-electron chi connectivity index (χ2n) is 6.47. The summed E-state index contributed by atoms with van der Waals surface area (Å²) >= 11 is 0. The van der Waals surface area contributed by atoms with E-state index in [1.165, 1.54) is 0 Å². The highest BCUT2D eigenvalue weighted by atomic mass is 19.3. The van der Waals surface area contributed by atoms with E-state index in [-0.39, 0.29) is 5.69 Å². The number of pyridine rings is 1. The minimum absolute atomic E-state index is 0.267. The summed E-state index contributed by atoms with van der Waals surface area (Å²) in [6.45, 7) is 3.31. The number of alkyl halides is 2. The zero-order valence-electron chi connectivity index (χ0n) is 13.7. The predicted octanol–water partition coefficient (Wildman–Crippen LogP) is 2.20. The van der Waals surface area contributed by atoms with Gasteiger partial charge in [-0.25, -0.2) is 23.5 Å². The van der Waals surface area contributed by atoms with Crippen LogP contribution in [0, 0.1) is 11.8 Å². The molecule has 0 aromatic carbocycles. The molecule has 2 aromatic rings. The van der Waals surface area contributed by atoms with Crippen molar-refractivity contribution >= 4 is 11.8 Å². The lowest BCUT2D eigenvalue weighted by Gasteiger charge is -2.20. The van der Waals surface area contributed by atoms with Crippen LogP contribution in [0.25, 0.3) is 0 Å². The number of ether oxygens (including phenoxy) is 1. The molecule has 1 saturated heterocycles. The van der Waals surface area contributed by atoms with Crippen molar-refractivity contribution in [3.63, 3.8) is 0 Å². The fourth-order valence-electron chi connectivity index (χ4n) is 3.36. The standard InChI is InChI=1S/C17H18F2N4O2/c1-2-25-16(24)14-9-22(10-21-14)6-11-3-4-15(20-5-11)23-7-12-13(8-23)17(12,18)19/h3-5,9-10,12-13H,2,6-8H2,1H3. The summed E-state index contributed by atoms with van der Waals surface area (Å²) in [6.07, 6.45) is 4.92. The van der Waals surface area contributed by atoms with Crippen molar-refractivity contribution in [1.82, 2.24) is 14.5 Å². The summed E-state index contributed by atoms with van der Waals surface area (Å²) in [5, 5.41) is 0. The number of aromatic nitrogens is 3. The van der Waals surface area contributed by atoms with Gasteiger partial charge in [-0.15, -0.1) is 0 Å². The van der Waals surface area contributed by atoms with Gasteiger partial charge in [0.25, 0.3) is 5.92 Å². The number of halogens is 2. The van der Waals surface area contributed by atoms with E-state index >= 15 is 0 Å². The molecular weight excluding hydrogens is 330 g/mol. The first kappa shape index (κ1) is 16.0. The number of hydrogen-bond acceptors (Lipinski definition) is 5. The predicted molar refractivity (Wildman–Crippen MR) is 85.7 cm³/mol. The molecule has 4 rings (SSSR count). The molecule has 3 heterocycles. The number of rotatable bonds is 5. The molecule has 6 nitrogen and oxygen atoms in total. The first-order valence-electron chi connectivity index (χ1n) is 8.25. The van der Waals surface area contributed by atoms with Crippen LogP contribution in [0.15, 0.2) is 30.9 Å². The van der Waals surface area contributed by atoms with Crippen molar-refractivity contribution in [1.29, 1.82) is 0 Å². The van der Waals surface area contributed by atoms with Gasteiger partial charge in [-0.05, 0) is 18.6 Å². The van der Waals surface area contributed by atoms with Gasteiger partial charge in [-0.3, -0.25) is 0 Å². The van der Waals surface area contributed by atoms with Crippen molar-refractivity contribution in [3.8, 4) is 0 Å². The van der Waals surface area contributed by atoms with Gasteiger partial charge in [0.1, 0.15) is 5.82 Å². The minimum atomic E-state index is -2.48. The number of carbonyl (C=O) groups excluding carboxylic acids is 1. The molecule has 1 aliphatic carbocycles. The van der Waals surface area contributed by atoms with Crippen molar-refractivity contribution in [3.05, 3.63) is 42.1 Å². The Bertz CT molecular complexity index is 776. The highest BCUT2D eigenvalue weighted by Crippen LogP contribution is 2.59. The SMILES string of the molecule is CCOC(=O)c1cn(Cc2ccc(N3CC4C(C3)C4(F)F)nc2)cn1. The molecular formula is C17H18F2N4O2. The molecule has 8 heteroatoms. The van der Waals surface area contributed by atoms with Gasteiger partial charge in [0.2, 0.25) is 0 Å². The number of nitrogens with zero attached hydrogens (tertiary/aromatic N) is 4. The van der Waals surface area contributed by atoms with Gasteiger partial charge in [-0.1, -0.05) is 6.07 Å². The molecule has 2 aromatic heterocycles. The highest BCUT2D eigenvalue weighted by molar-refractivity contribution is 5.86. The molecule has 1 aliphatic heterocycles. The van der Waals surface area contributed by atoms with E-state index in [9.17, 15) is 13.6 Å². The summed E-state index contributed by atoms with van der Waals surface area (Å²) in [6, 6.07) is 3.76. The van der Waals surface area contributed by atoms with E-state index in [0.29, 0.717) is 26.2 Å². The highest BCUT2D eigenvalue weighted by Gasteiger charge is 2.71. The number of carbonyl (C=O) groups is 1.